The molecule has 6 rings (SSSR count). The van der Waals surface area contributed by atoms with Crippen molar-refractivity contribution < 1.29 is 65.9 Å². The van der Waals surface area contributed by atoms with Gasteiger partial charge in [0.05, 0.1) is 109 Å². The fourth-order valence-corrected chi connectivity index (χ4v) is 9.74. The number of fused-ring (bicyclic) bond motifs is 2. The minimum absolute atomic E-state index is 0.0162. The zero-order chi connectivity index (χ0) is 48.1. The summed E-state index contributed by atoms with van der Waals surface area (Å²) in [6, 6.07) is 20.4. The zero-order valence-electron chi connectivity index (χ0n) is 41.2. The van der Waals surface area contributed by atoms with E-state index in [1.54, 1.807) is 56.9 Å². The van der Waals surface area contributed by atoms with E-state index in [2.05, 4.69) is 57.0 Å². The van der Waals surface area contributed by atoms with Crippen molar-refractivity contribution in [3.8, 4) is 46.0 Å². The summed E-state index contributed by atoms with van der Waals surface area (Å²) in [7, 11) is 17.5. The van der Waals surface area contributed by atoms with Crippen LogP contribution in [0.15, 0.2) is 60.7 Å². The van der Waals surface area contributed by atoms with Gasteiger partial charge in [0.25, 0.3) is 5.97 Å². The van der Waals surface area contributed by atoms with Gasteiger partial charge in [0, 0.05) is 43.9 Å². The molecule has 0 radical (unpaired) electrons. The molecule has 0 N–H and O–H groups in total. The van der Waals surface area contributed by atoms with Gasteiger partial charge in [-0.1, -0.05) is 12.1 Å². The molecule has 4 aromatic rings. The summed E-state index contributed by atoms with van der Waals surface area (Å²) in [4.78, 5) is 26.4. The lowest BCUT2D eigenvalue weighted by atomic mass is 9.86. The summed E-state index contributed by atoms with van der Waals surface area (Å²) in [5.74, 6) is 4.95. The average Bonchev–Trinajstić information content (AvgIpc) is 3.35. The van der Waals surface area contributed by atoms with Crippen molar-refractivity contribution in [1.29, 1.82) is 0 Å². The van der Waals surface area contributed by atoms with Gasteiger partial charge in [0.15, 0.2) is 46.0 Å². The number of benzene rings is 4. The Hall–Kier alpha value is -5.86. The maximum atomic E-state index is 13.2. The van der Waals surface area contributed by atoms with Crippen LogP contribution in [-0.4, -0.2) is 125 Å². The van der Waals surface area contributed by atoms with Crippen LogP contribution < -0.4 is 37.9 Å². The molecule has 14 heteroatoms. The third-order valence-electron chi connectivity index (χ3n) is 13.8. The topological polar surface area (TPSA) is 126 Å². The van der Waals surface area contributed by atoms with Crippen molar-refractivity contribution in [1.82, 2.24) is 0 Å². The maximum Gasteiger partial charge on any atom is 0.311 e. The normalized spacial score (nSPS) is 19.6. The van der Waals surface area contributed by atoms with E-state index in [1.165, 1.54) is 16.7 Å². The number of hydrogen-bond donors (Lipinski definition) is 0. The zero-order valence-corrected chi connectivity index (χ0v) is 41.2. The molecule has 0 saturated heterocycles. The predicted molar refractivity (Wildman–Crippen MR) is 255 cm³/mol. The SMILES string of the molecule is COc1ccc(C[C@@H]2c3cc(OC)c(OC)cc3CC[N+]2(C)[CH-]CC(=O)OCCCCCOC(=O)CC[N+]2(C)CCc3cc(OC)c(OC)cc3[C@@H]2Cc2ccc(OC)c(OC)c2)cc1OC. The average molecular weight is 928 g/mol. The minimum atomic E-state index is -0.271. The van der Waals surface area contributed by atoms with Crippen molar-refractivity contribution in [3.63, 3.8) is 0 Å². The first-order chi connectivity index (χ1) is 32.4. The van der Waals surface area contributed by atoms with E-state index in [9.17, 15) is 9.59 Å². The number of nitrogens with zero attached hydrogens (tertiary/aromatic N) is 2. The second-order valence-corrected chi connectivity index (χ2v) is 17.8. The van der Waals surface area contributed by atoms with Gasteiger partial charge in [-0.2, -0.15) is 0 Å². The van der Waals surface area contributed by atoms with Crippen molar-refractivity contribution in [2.24, 2.45) is 0 Å². The lowest BCUT2D eigenvalue weighted by molar-refractivity contribution is -0.940. The Kier molecular flexibility index (Phi) is 17.5. The predicted octanol–water partition coefficient (Wildman–Crippen LogP) is 8.23. The number of carbonyl (C=O) groups is 2. The molecule has 0 fully saturated rings. The molecular weight excluding hydrogens is 857 g/mol. The van der Waals surface area contributed by atoms with Gasteiger partial charge in [-0.15, -0.1) is 6.54 Å². The van der Waals surface area contributed by atoms with Crippen LogP contribution in [0.3, 0.4) is 0 Å². The third kappa shape index (κ3) is 12.0. The first kappa shape index (κ1) is 50.6. The van der Waals surface area contributed by atoms with Crippen LogP contribution in [0.25, 0.3) is 0 Å². The molecule has 14 nitrogen and oxygen atoms in total. The van der Waals surface area contributed by atoms with E-state index in [-0.39, 0.29) is 36.9 Å². The summed E-state index contributed by atoms with van der Waals surface area (Å²) in [5, 5.41) is 0. The van der Waals surface area contributed by atoms with E-state index in [4.69, 9.17) is 47.4 Å². The van der Waals surface area contributed by atoms with Gasteiger partial charge in [-0.3, -0.25) is 9.59 Å². The first-order valence-electron chi connectivity index (χ1n) is 23.1. The van der Waals surface area contributed by atoms with E-state index in [1.807, 2.05) is 24.3 Å². The summed E-state index contributed by atoms with van der Waals surface area (Å²) < 4.78 is 57.6. The molecular formula is C53H71N2O12+. The quantitative estimate of drug-likeness (QED) is 0.0291. The Morgan fingerprint density at radius 3 is 1.46 bits per heavy atom. The highest BCUT2D eigenvalue weighted by atomic mass is 16.5. The third-order valence-corrected chi connectivity index (χ3v) is 13.8. The Labute approximate surface area is 397 Å². The van der Waals surface area contributed by atoms with Crippen LogP contribution in [0, 0.1) is 6.54 Å². The number of esters is 2. The van der Waals surface area contributed by atoms with E-state index in [0.29, 0.717) is 94.0 Å². The Morgan fingerprint density at radius 2 is 0.955 bits per heavy atom. The van der Waals surface area contributed by atoms with Gasteiger partial charge in [-0.05, 0) is 96.5 Å². The molecule has 2 unspecified atom stereocenters. The van der Waals surface area contributed by atoms with E-state index in [0.717, 1.165) is 55.5 Å². The summed E-state index contributed by atoms with van der Waals surface area (Å²) in [6.45, 7) is 4.94. The second kappa shape index (κ2) is 23.2. The Bertz CT molecular complexity index is 2160. The Balaban J connectivity index is 0.987. The van der Waals surface area contributed by atoms with Crippen molar-refractivity contribution in [2.45, 2.75) is 69.9 Å². The highest BCUT2D eigenvalue weighted by Gasteiger charge is 2.41. The molecule has 2 aliphatic heterocycles. The molecule has 0 aliphatic carbocycles. The van der Waals surface area contributed by atoms with Gasteiger partial charge in [-0.25, -0.2) is 0 Å². The van der Waals surface area contributed by atoms with E-state index >= 15 is 0 Å². The van der Waals surface area contributed by atoms with Gasteiger partial charge < -0.3 is 56.3 Å². The smallest absolute Gasteiger partial charge is 0.311 e. The molecule has 0 bridgehead atoms. The molecule has 0 spiro atoms. The first-order valence-corrected chi connectivity index (χ1v) is 23.1. The number of methoxy groups -OCH3 is 8. The maximum absolute atomic E-state index is 13.2. The molecule has 0 aromatic heterocycles. The van der Waals surface area contributed by atoms with Crippen LogP contribution >= 0.6 is 0 Å². The Morgan fingerprint density at radius 1 is 0.522 bits per heavy atom. The molecule has 67 heavy (non-hydrogen) atoms. The number of hydrogen-bond acceptors (Lipinski definition) is 12. The van der Waals surface area contributed by atoms with Crippen molar-refractivity contribution in [3.05, 3.63) is 101 Å². The molecule has 2 aliphatic rings. The second-order valence-electron chi connectivity index (χ2n) is 17.8. The lowest BCUT2D eigenvalue weighted by Crippen LogP contribution is -2.53. The number of rotatable bonds is 24. The van der Waals surface area contributed by atoms with E-state index < -0.39 is 0 Å². The van der Waals surface area contributed by atoms with Gasteiger partial charge in [0.2, 0.25) is 0 Å². The molecule has 0 amide bonds. The summed E-state index contributed by atoms with van der Waals surface area (Å²) in [6.07, 6.45) is 5.62. The van der Waals surface area contributed by atoms with Crippen LogP contribution in [0.2, 0.25) is 0 Å². The van der Waals surface area contributed by atoms with Crippen molar-refractivity contribution in [2.75, 3.05) is 104 Å². The molecule has 4 aromatic carbocycles. The lowest BCUT2D eigenvalue weighted by Gasteiger charge is -2.53. The van der Waals surface area contributed by atoms with Crippen molar-refractivity contribution >= 4 is 11.9 Å². The summed E-state index contributed by atoms with van der Waals surface area (Å²) in [5.41, 5.74) is 6.93. The fraction of sp³-hybridized carbons (Fsp3) is 0.491. The fourth-order valence-electron chi connectivity index (χ4n) is 9.74. The largest absolute Gasteiger partial charge is 0.493 e. The highest BCUT2D eigenvalue weighted by Crippen LogP contribution is 2.45. The van der Waals surface area contributed by atoms with Gasteiger partial charge >= 0.3 is 5.97 Å². The number of ether oxygens (including phenoxy) is 10. The van der Waals surface area contributed by atoms with Crippen LogP contribution in [0.5, 0.6) is 46.0 Å². The van der Waals surface area contributed by atoms with Gasteiger partial charge in [0.1, 0.15) is 6.04 Å². The monoisotopic (exact) mass is 928 g/mol. The molecule has 364 valence electrons. The molecule has 2 heterocycles. The van der Waals surface area contributed by atoms with Crippen LogP contribution in [0.1, 0.15) is 77.6 Å². The molecule has 4 atom stereocenters. The van der Waals surface area contributed by atoms with Crippen LogP contribution in [-0.2, 0) is 44.7 Å². The highest BCUT2D eigenvalue weighted by molar-refractivity contribution is 5.70. The number of carbonyl (C=O) groups excluding carboxylic acids is 2. The standard InChI is InChI=1S/C53H71N2O12/c1-54(22-18-38-32-48(62-7)50(64-9)34-40(38)42(54)28-36-14-16-44(58-3)46(30-36)60-5)24-20-52(56)66-26-12-11-13-27-67-53(57)21-25-55(2)23-19-39-33-49(63-8)51(65-10)35-41(39)43(55)29-37-15-17-45(59-4)47(31-37)61-6/h14-17,24,30-35,42-43H,11-13,18-23,25-29H2,1-10H3/q+1/t42-,43+,54?,55?/m1/s1. The summed E-state index contributed by atoms with van der Waals surface area (Å²) >= 11 is 0. The van der Waals surface area contributed by atoms with Crippen LogP contribution in [0.4, 0.5) is 0 Å². The number of likely N-dealkylation sites (N-methyl/N-ethyl adjacent to an activating group) is 2. The molecule has 0 saturated carbocycles. The number of unbranched alkanes of at least 4 members (excludes halogenated alkanes) is 2. The number of quaternary nitrogens is 2. The minimum Gasteiger partial charge on any atom is -0.493 e.